The fourth-order valence-electron chi connectivity index (χ4n) is 2.53. The van der Waals surface area contributed by atoms with Crippen molar-refractivity contribution in [3.63, 3.8) is 0 Å². The van der Waals surface area contributed by atoms with Crippen LogP contribution in [0.1, 0.15) is 38.3 Å². The molecule has 1 aromatic carbocycles. The number of nitro benzene ring substituents is 1. The zero-order valence-electron chi connectivity index (χ0n) is 12.3. The third-order valence-electron chi connectivity index (χ3n) is 3.85. The number of rotatable bonds is 7. The lowest BCUT2D eigenvalue weighted by Crippen LogP contribution is -2.34. The van der Waals surface area contributed by atoms with Crippen LogP contribution in [0.3, 0.4) is 0 Å². The molecule has 0 aliphatic carbocycles. The first-order chi connectivity index (χ1) is 9.01. The summed E-state index contributed by atoms with van der Waals surface area (Å²) in [5.41, 5.74) is 2.11. The first-order valence-corrected chi connectivity index (χ1v) is 6.97. The number of hydrogen-bond donors (Lipinski definition) is 1. The number of nitrogens with zero attached hydrogens (tertiary/aromatic N) is 1. The first kappa shape index (κ1) is 15.6. The van der Waals surface area contributed by atoms with Crippen LogP contribution in [0.4, 0.5) is 5.69 Å². The van der Waals surface area contributed by atoms with Gasteiger partial charge in [-0.05, 0) is 38.3 Å². The van der Waals surface area contributed by atoms with Gasteiger partial charge in [-0.1, -0.05) is 32.4 Å². The van der Waals surface area contributed by atoms with E-state index in [2.05, 4.69) is 26.1 Å². The van der Waals surface area contributed by atoms with E-state index in [1.54, 1.807) is 12.1 Å². The maximum Gasteiger partial charge on any atom is 0.272 e. The predicted octanol–water partition coefficient (Wildman–Crippen LogP) is 3.47. The second-order valence-electron chi connectivity index (χ2n) is 5.04. The number of nitrogens with one attached hydrogen (secondary N) is 1. The van der Waals surface area contributed by atoms with Gasteiger partial charge >= 0.3 is 0 Å². The lowest BCUT2D eigenvalue weighted by atomic mass is 9.88. The summed E-state index contributed by atoms with van der Waals surface area (Å²) in [5.74, 6) is 0.501. The van der Waals surface area contributed by atoms with Crippen molar-refractivity contribution < 1.29 is 4.92 Å². The van der Waals surface area contributed by atoms with E-state index >= 15 is 0 Å². The molecule has 19 heavy (non-hydrogen) atoms. The topological polar surface area (TPSA) is 55.2 Å². The summed E-state index contributed by atoms with van der Waals surface area (Å²) in [5, 5.41) is 14.4. The standard InChI is InChI=1S/C15H24N2O2/c1-5-13(12(4)16-6-2)10-14-8-7-9-15(11(14)3)17(18)19/h7-9,12-13,16H,5-6,10H2,1-4H3. The highest BCUT2D eigenvalue weighted by molar-refractivity contribution is 5.44. The molecule has 1 rings (SSSR count). The summed E-state index contributed by atoms with van der Waals surface area (Å²) in [6.45, 7) is 9.25. The van der Waals surface area contributed by atoms with Crippen LogP contribution in [0.5, 0.6) is 0 Å². The van der Waals surface area contributed by atoms with E-state index in [1.807, 2.05) is 13.0 Å². The lowest BCUT2D eigenvalue weighted by Gasteiger charge is -2.24. The van der Waals surface area contributed by atoms with Crippen LogP contribution in [0.25, 0.3) is 0 Å². The summed E-state index contributed by atoms with van der Waals surface area (Å²) in [4.78, 5) is 10.7. The van der Waals surface area contributed by atoms with E-state index in [-0.39, 0.29) is 10.6 Å². The third kappa shape index (κ3) is 4.03. The molecule has 4 heteroatoms. The van der Waals surface area contributed by atoms with Crippen LogP contribution in [0.2, 0.25) is 0 Å². The van der Waals surface area contributed by atoms with Crippen molar-refractivity contribution in [1.82, 2.24) is 5.32 Å². The van der Waals surface area contributed by atoms with Gasteiger partial charge in [0, 0.05) is 17.7 Å². The highest BCUT2D eigenvalue weighted by atomic mass is 16.6. The van der Waals surface area contributed by atoms with Crippen LogP contribution in [0, 0.1) is 23.0 Å². The highest BCUT2D eigenvalue weighted by Gasteiger charge is 2.19. The predicted molar refractivity (Wildman–Crippen MR) is 78.5 cm³/mol. The van der Waals surface area contributed by atoms with Gasteiger partial charge < -0.3 is 5.32 Å². The van der Waals surface area contributed by atoms with Crippen molar-refractivity contribution in [3.8, 4) is 0 Å². The molecule has 0 spiro atoms. The van der Waals surface area contributed by atoms with Crippen LogP contribution >= 0.6 is 0 Å². The molecule has 0 radical (unpaired) electrons. The smallest absolute Gasteiger partial charge is 0.272 e. The summed E-state index contributed by atoms with van der Waals surface area (Å²) in [7, 11) is 0. The Kier molecular flexibility index (Phi) is 5.96. The monoisotopic (exact) mass is 264 g/mol. The molecule has 0 heterocycles. The van der Waals surface area contributed by atoms with Gasteiger partial charge in [0.15, 0.2) is 0 Å². The number of benzene rings is 1. The molecule has 0 saturated carbocycles. The molecule has 106 valence electrons. The quantitative estimate of drug-likeness (QED) is 0.606. The molecule has 0 amide bonds. The van der Waals surface area contributed by atoms with Crippen molar-refractivity contribution in [2.45, 2.75) is 46.6 Å². The van der Waals surface area contributed by atoms with Gasteiger partial charge in [-0.15, -0.1) is 0 Å². The summed E-state index contributed by atoms with van der Waals surface area (Å²) in [6.07, 6.45) is 1.95. The second-order valence-corrected chi connectivity index (χ2v) is 5.04. The average Bonchev–Trinajstić information content (AvgIpc) is 2.37. The highest BCUT2D eigenvalue weighted by Crippen LogP contribution is 2.25. The minimum absolute atomic E-state index is 0.225. The second kappa shape index (κ2) is 7.24. The van der Waals surface area contributed by atoms with Crippen molar-refractivity contribution in [1.29, 1.82) is 0 Å². The molecule has 0 aliphatic rings. The Bertz CT molecular complexity index is 432. The van der Waals surface area contributed by atoms with E-state index < -0.39 is 0 Å². The first-order valence-electron chi connectivity index (χ1n) is 6.97. The zero-order chi connectivity index (χ0) is 14.4. The van der Waals surface area contributed by atoms with Gasteiger partial charge in [-0.3, -0.25) is 10.1 Å². The zero-order valence-corrected chi connectivity index (χ0v) is 12.3. The minimum atomic E-state index is -0.298. The molecule has 2 unspecified atom stereocenters. The SMILES string of the molecule is CCNC(C)C(CC)Cc1cccc([N+](=O)[O-])c1C. The van der Waals surface area contributed by atoms with Gasteiger partial charge in [0.25, 0.3) is 5.69 Å². The minimum Gasteiger partial charge on any atom is -0.314 e. The molecule has 2 atom stereocenters. The maximum atomic E-state index is 11.0. The van der Waals surface area contributed by atoms with Gasteiger partial charge in [0.1, 0.15) is 0 Å². The fourth-order valence-corrected chi connectivity index (χ4v) is 2.53. The molecule has 4 nitrogen and oxygen atoms in total. The molecule has 1 N–H and O–H groups in total. The summed E-state index contributed by atoms with van der Waals surface area (Å²) >= 11 is 0. The molecule has 1 aromatic rings. The Balaban J connectivity index is 2.91. The van der Waals surface area contributed by atoms with Crippen molar-refractivity contribution >= 4 is 5.69 Å². The molecule has 0 bridgehead atoms. The van der Waals surface area contributed by atoms with Gasteiger partial charge in [-0.25, -0.2) is 0 Å². The van der Waals surface area contributed by atoms with Crippen molar-refractivity contribution in [2.75, 3.05) is 6.54 Å². The van der Waals surface area contributed by atoms with E-state index in [4.69, 9.17) is 0 Å². The fraction of sp³-hybridized carbons (Fsp3) is 0.600. The van der Waals surface area contributed by atoms with E-state index in [1.165, 1.54) is 0 Å². The molecular formula is C15H24N2O2. The van der Waals surface area contributed by atoms with Gasteiger partial charge in [0.05, 0.1) is 4.92 Å². The summed E-state index contributed by atoms with van der Waals surface area (Å²) < 4.78 is 0. The van der Waals surface area contributed by atoms with Crippen molar-refractivity contribution in [3.05, 3.63) is 39.4 Å². The molecule has 0 saturated heterocycles. The van der Waals surface area contributed by atoms with E-state index in [9.17, 15) is 10.1 Å². The molecular weight excluding hydrogens is 240 g/mol. The third-order valence-corrected chi connectivity index (χ3v) is 3.85. The normalized spacial score (nSPS) is 14.1. The summed E-state index contributed by atoms with van der Waals surface area (Å²) in [6, 6.07) is 5.79. The molecule has 0 aliphatic heterocycles. The molecule has 0 aromatic heterocycles. The number of hydrogen-bond acceptors (Lipinski definition) is 3. The number of nitro groups is 1. The van der Waals surface area contributed by atoms with E-state index in [0.29, 0.717) is 12.0 Å². The Hall–Kier alpha value is -1.42. The Morgan fingerprint density at radius 3 is 2.58 bits per heavy atom. The molecule has 0 fully saturated rings. The van der Waals surface area contributed by atoms with Gasteiger partial charge in [0.2, 0.25) is 0 Å². The Morgan fingerprint density at radius 2 is 2.05 bits per heavy atom. The van der Waals surface area contributed by atoms with Gasteiger partial charge in [-0.2, -0.15) is 0 Å². The lowest BCUT2D eigenvalue weighted by molar-refractivity contribution is -0.385. The largest absolute Gasteiger partial charge is 0.314 e. The van der Waals surface area contributed by atoms with E-state index in [0.717, 1.165) is 30.5 Å². The van der Waals surface area contributed by atoms with Crippen molar-refractivity contribution in [2.24, 2.45) is 5.92 Å². The Morgan fingerprint density at radius 1 is 1.37 bits per heavy atom. The van der Waals surface area contributed by atoms with Crippen LogP contribution in [0.15, 0.2) is 18.2 Å². The average molecular weight is 264 g/mol. The Labute approximate surface area is 115 Å². The maximum absolute atomic E-state index is 11.0. The van der Waals surface area contributed by atoms with Crippen LogP contribution in [-0.4, -0.2) is 17.5 Å². The van der Waals surface area contributed by atoms with Crippen LogP contribution < -0.4 is 5.32 Å². The van der Waals surface area contributed by atoms with Crippen LogP contribution in [-0.2, 0) is 6.42 Å².